The lowest BCUT2D eigenvalue weighted by atomic mass is 10.1. The van der Waals surface area contributed by atoms with Crippen molar-refractivity contribution in [1.29, 1.82) is 0 Å². The summed E-state index contributed by atoms with van der Waals surface area (Å²) in [5, 5.41) is 0. The van der Waals surface area contributed by atoms with Crippen molar-refractivity contribution in [2.75, 3.05) is 0 Å². The lowest BCUT2D eigenvalue weighted by Gasteiger charge is -1.92. The monoisotopic (exact) mass is 152 g/mol. The van der Waals surface area contributed by atoms with Crippen molar-refractivity contribution in [2.24, 2.45) is 0 Å². The lowest BCUT2D eigenvalue weighted by molar-refractivity contribution is 0.812. The summed E-state index contributed by atoms with van der Waals surface area (Å²) in [4.78, 5) is 0. The third kappa shape index (κ3) is 9.74. The van der Waals surface area contributed by atoms with Crippen LogP contribution in [0.1, 0.15) is 52.4 Å². The van der Waals surface area contributed by atoms with Gasteiger partial charge in [-0.3, -0.25) is 0 Å². The maximum Gasteiger partial charge on any atom is -0.0277 e. The molecule has 0 amide bonds. The van der Waals surface area contributed by atoms with Gasteiger partial charge >= 0.3 is 0 Å². The molecule has 0 aromatic heterocycles. The molecule has 0 bridgehead atoms. The second kappa shape index (κ2) is 9.74. The van der Waals surface area contributed by atoms with Crippen LogP contribution in [0.4, 0.5) is 0 Å². The minimum absolute atomic E-state index is 1.11. The van der Waals surface area contributed by atoms with Crippen LogP contribution >= 0.6 is 0 Å². The van der Waals surface area contributed by atoms with E-state index in [1.165, 1.54) is 32.1 Å². The molecule has 0 aliphatic rings. The largest absolute Gasteiger partial charge is 0.0811 e. The van der Waals surface area contributed by atoms with E-state index in [0.717, 1.165) is 6.42 Å². The van der Waals surface area contributed by atoms with E-state index in [9.17, 15) is 0 Å². The van der Waals surface area contributed by atoms with Gasteiger partial charge in [-0.2, -0.15) is 0 Å². The summed E-state index contributed by atoms with van der Waals surface area (Å²) in [7, 11) is 0. The molecule has 0 heteroatoms. The molecule has 0 nitrogen and oxygen atoms in total. The maximum absolute atomic E-state index is 3.29. The average Bonchev–Trinajstić information content (AvgIpc) is 2.03. The normalized spacial score (nSPS) is 11.1. The molecule has 0 atom stereocenters. The Balaban J connectivity index is 2.89. The molecule has 0 aliphatic carbocycles. The zero-order chi connectivity index (χ0) is 8.36. The smallest absolute Gasteiger partial charge is 0.0277 e. The van der Waals surface area contributed by atoms with E-state index >= 15 is 0 Å². The number of unbranched alkanes of at least 4 members (excludes halogenated alkanes) is 5. The summed E-state index contributed by atoms with van der Waals surface area (Å²) in [6, 6.07) is 0. The van der Waals surface area contributed by atoms with Crippen LogP contribution in [0.25, 0.3) is 0 Å². The zero-order valence-corrected chi connectivity index (χ0v) is 7.90. The third-order valence-electron chi connectivity index (χ3n) is 1.56. The Morgan fingerprint density at radius 3 is 2.36 bits per heavy atom. The Morgan fingerprint density at radius 1 is 1.00 bits per heavy atom. The molecule has 0 saturated carbocycles. The number of rotatable bonds is 7. The first-order valence-electron chi connectivity index (χ1n) is 4.78. The number of allylic oxidation sites excluding steroid dienone is 2. The summed E-state index contributed by atoms with van der Waals surface area (Å²) < 4.78 is 0. The molecular formula is C11H20. The van der Waals surface area contributed by atoms with Crippen molar-refractivity contribution in [3.05, 3.63) is 18.6 Å². The molecule has 11 heavy (non-hydrogen) atoms. The molecule has 0 heterocycles. The van der Waals surface area contributed by atoms with Crippen LogP contribution in [0.5, 0.6) is 0 Å². The Bertz CT molecular complexity index is 82.0. The quantitative estimate of drug-likeness (QED) is 0.485. The van der Waals surface area contributed by atoms with Crippen LogP contribution in [-0.2, 0) is 0 Å². The van der Waals surface area contributed by atoms with E-state index in [1.54, 1.807) is 0 Å². The summed E-state index contributed by atoms with van der Waals surface area (Å²) in [6.45, 7) is 4.41. The minimum Gasteiger partial charge on any atom is -0.0811 e. The van der Waals surface area contributed by atoms with Crippen molar-refractivity contribution in [2.45, 2.75) is 52.4 Å². The molecule has 0 aromatic rings. The topological polar surface area (TPSA) is 0 Å². The van der Waals surface area contributed by atoms with Gasteiger partial charge in [-0.15, -0.1) is 0 Å². The second-order valence-electron chi connectivity index (χ2n) is 2.81. The van der Waals surface area contributed by atoms with E-state index in [4.69, 9.17) is 0 Å². The highest BCUT2D eigenvalue weighted by Crippen LogP contribution is 2.01. The fourth-order valence-corrected chi connectivity index (χ4v) is 0.882. The SMILES string of the molecule is CCC[CH]CC[C]=CCCC. The molecule has 0 unspecified atom stereocenters. The van der Waals surface area contributed by atoms with E-state index in [1.807, 2.05) is 0 Å². The summed E-state index contributed by atoms with van der Waals surface area (Å²) >= 11 is 0. The van der Waals surface area contributed by atoms with Crippen molar-refractivity contribution in [1.82, 2.24) is 0 Å². The van der Waals surface area contributed by atoms with Gasteiger partial charge in [0, 0.05) is 0 Å². The number of hydrogen-bond acceptors (Lipinski definition) is 0. The van der Waals surface area contributed by atoms with E-state index in [0.29, 0.717) is 0 Å². The van der Waals surface area contributed by atoms with Crippen LogP contribution in [0.15, 0.2) is 6.08 Å². The molecular weight excluding hydrogens is 132 g/mol. The number of hydrogen-bond donors (Lipinski definition) is 0. The molecule has 0 aromatic carbocycles. The highest BCUT2D eigenvalue weighted by Gasteiger charge is 1.84. The van der Waals surface area contributed by atoms with Crippen LogP contribution in [0, 0.1) is 12.5 Å². The first-order chi connectivity index (χ1) is 5.41. The molecule has 0 fully saturated rings. The predicted molar refractivity (Wildman–Crippen MR) is 51.2 cm³/mol. The van der Waals surface area contributed by atoms with Gasteiger partial charge < -0.3 is 0 Å². The summed E-state index contributed by atoms with van der Waals surface area (Å²) in [6.07, 6.45) is 15.1. The highest BCUT2D eigenvalue weighted by atomic mass is 13.9. The van der Waals surface area contributed by atoms with Crippen LogP contribution < -0.4 is 0 Å². The first kappa shape index (κ1) is 10.7. The predicted octanol–water partition coefficient (Wildman–Crippen LogP) is 3.93. The van der Waals surface area contributed by atoms with Crippen LogP contribution in [0.2, 0.25) is 0 Å². The highest BCUT2D eigenvalue weighted by molar-refractivity contribution is 4.75. The fourth-order valence-electron chi connectivity index (χ4n) is 0.882. The minimum atomic E-state index is 1.11. The second-order valence-corrected chi connectivity index (χ2v) is 2.81. The molecule has 64 valence electrons. The van der Waals surface area contributed by atoms with Gasteiger partial charge in [-0.1, -0.05) is 39.2 Å². The summed E-state index contributed by atoms with van der Waals surface area (Å²) in [5.41, 5.74) is 0. The molecule has 0 aliphatic heterocycles. The van der Waals surface area contributed by atoms with Crippen LogP contribution in [-0.4, -0.2) is 0 Å². The van der Waals surface area contributed by atoms with Crippen molar-refractivity contribution in [3.63, 3.8) is 0 Å². The Morgan fingerprint density at radius 2 is 1.73 bits per heavy atom. The lowest BCUT2D eigenvalue weighted by Crippen LogP contribution is -1.75. The van der Waals surface area contributed by atoms with Gasteiger partial charge in [0.2, 0.25) is 0 Å². The molecule has 2 radical (unpaired) electrons. The molecule has 0 rings (SSSR count). The van der Waals surface area contributed by atoms with Gasteiger partial charge in [0.15, 0.2) is 0 Å². The van der Waals surface area contributed by atoms with Gasteiger partial charge in [-0.05, 0) is 31.8 Å². The van der Waals surface area contributed by atoms with E-state index in [2.05, 4.69) is 32.4 Å². The van der Waals surface area contributed by atoms with E-state index in [-0.39, 0.29) is 0 Å². The first-order valence-corrected chi connectivity index (χ1v) is 4.78. The van der Waals surface area contributed by atoms with Gasteiger partial charge in [0.25, 0.3) is 0 Å². The van der Waals surface area contributed by atoms with E-state index < -0.39 is 0 Å². The van der Waals surface area contributed by atoms with Crippen molar-refractivity contribution >= 4 is 0 Å². The van der Waals surface area contributed by atoms with Crippen molar-refractivity contribution in [3.8, 4) is 0 Å². The third-order valence-corrected chi connectivity index (χ3v) is 1.56. The van der Waals surface area contributed by atoms with Crippen molar-refractivity contribution < 1.29 is 0 Å². The van der Waals surface area contributed by atoms with Gasteiger partial charge in [0.1, 0.15) is 0 Å². The summed E-state index contributed by atoms with van der Waals surface area (Å²) in [5.74, 6) is 0. The zero-order valence-electron chi connectivity index (χ0n) is 7.90. The molecule has 0 N–H and O–H groups in total. The standard InChI is InChI=1S/C11H20/c1-3-5-7-9-11-10-8-6-4-2/h7-8H,3-6,9,11H2,1-2H3. The Labute approximate surface area is 71.7 Å². The fraction of sp³-hybridized carbons (Fsp3) is 0.727. The maximum atomic E-state index is 3.29. The average molecular weight is 152 g/mol. The van der Waals surface area contributed by atoms with Gasteiger partial charge in [-0.25, -0.2) is 0 Å². The molecule has 0 saturated heterocycles. The van der Waals surface area contributed by atoms with Gasteiger partial charge in [0.05, 0.1) is 0 Å². The Kier molecular flexibility index (Phi) is 9.51. The molecule has 0 spiro atoms. The Hall–Kier alpha value is -0.260. The van der Waals surface area contributed by atoms with Crippen LogP contribution in [0.3, 0.4) is 0 Å².